The second-order valence-corrected chi connectivity index (χ2v) is 13.3. The van der Waals surface area contributed by atoms with E-state index in [-0.39, 0.29) is 24.5 Å². The molecule has 0 heterocycles. The van der Waals surface area contributed by atoms with Crippen LogP contribution in [0, 0.1) is 0 Å². The maximum Gasteiger partial charge on any atom is 0.220 e. The summed E-state index contributed by atoms with van der Waals surface area (Å²) in [6.45, 7) is 12.9. The highest BCUT2D eigenvalue weighted by atomic mass is 16.5. The molecule has 0 aliphatic rings. The van der Waals surface area contributed by atoms with Crippen LogP contribution in [0.2, 0.25) is 0 Å². The highest BCUT2D eigenvalue weighted by Crippen LogP contribution is 2.13. The largest absolute Gasteiger partial charge is 0.548 e. The van der Waals surface area contributed by atoms with Gasteiger partial charge in [0.05, 0.1) is 58.5 Å². The van der Waals surface area contributed by atoms with Crippen molar-refractivity contribution in [3.63, 3.8) is 0 Å². The van der Waals surface area contributed by atoms with Crippen molar-refractivity contribution < 1.29 is 33.4 Å². The van der Waals surface area contributed by atoms with Crippen molar-refractivity contribution in [3.8, 4) is 0 Å². The number of likely N-dealkylation sites (N-methyl/N-ethyl adjacent to an activating group) is 1. The van der Waals surface area contributed by atoms with Gasteiger partial charge in [-0.25, -0.2) is 0 Å². The fraction of sp³-hybridized carbons (Fsp3) is 0.919. The second-order valence-electron chi connectivity index (χ2n) is 13.3. The number of unbranched alkanes of at least 4 members (excludes halogenated alkanes) is 16. The lowest BCUT2D eigenvalue weighted by Crippen LogP contribution is -2.57. The standard InChI is InChI=1S/C37H73N3O6/c1-5-8-10-12-14-16-18-20-22-24-35(41)38-26-28-40(7-3,32-34(4)46-31-30-45-33-37(43)44)29-27-39-36(42)25-23-21-19-17-15-13-11-9-6-2/h34H,5-33H2,1-4H3,(H2-,38,39,41,42,43,44). The smallest absolute Gasteiger partial charge is 0.220 e. The van der Waals surface area contributed by atoms with Gasteiger partial charge < -0.3 is 34.5 Å². The number of aliphatic carboxylic acids is 1. The second kappa shape index (κ2) is 31.9. The third-order valence-electron chi connectivity index (χ3n) is 9.00. The van der Waals surface area contributed by atoms with Gasteiger partial charge in [-0.2, -0.15) is 0 Å². The molecule has 1 atom stereocenters. The number of hydrogen-bond acceptors (Lipinski definition) is 6. The Labute approximate surface area is 282 Å². The minimum atomic E-state index is -1.24. The van der Waals surface area contributed by atoms with Gasteiger partial charge in [-0.05, 0) is 26.7 Å². The number of hydrogen-bond donors (Lipinski definition) is 2. The van der Waals surface area contributed by atoms with Crippen molar-refractivity contribution in [3.05, 3.63) is 0 Å². The maximum atomic E-state index is 12.6. The summed E-state index contributed by atoms with van der Waals surface area (Å²) in [6.07, 6.45) is 23.2. The maximum absolute atomic E-state index is 12.6. The van der Waals surface area contributed by atoms with Crippen molar-refractivity contribution in [2.24, 2.45) is 0 Å². The fourth-order valence-corrected chi connectivity index (χ4v) is 6.04. The molecule has 0 aliphatic carbocycles. The molecule has 9 heteroatoms. The summed E-state index contributed by atoms with van der Waals surface area (Å²) >= 11 is 0. The zero-order chi connectivity index (χ0) is 34.1. The quantitative estimate of drug-likeness (QED) is 0.0633. The molecule has 0 aromatic heterocycles. The minimum Gasteiger partial charge on any atom is -0.548 e. The van der Waals surface area contributed by atoms with E-state index in [0.29, 0.717) is 37.0 Å². The Hall–Kier alpha value is -1.71. The van der Waals surface area contributed by atoms with Crippen molar-refractivity contribution in [2.45, 2.75) is 162 Å². The first kappa shape index (κ1) is 44.3. The van der Waals surface area contributed by atoms with Crippen molar-refractivity contribution in [1.82, 2.24) is 10.6 Å². The van der Waals surface area contributed by atoms with Gasteiger partial charge in [0.25, 0.3) is 0 Å². The molecule has 46 heavy (non-hydrogen) atoms. The lowest BCUT2D eigenvalue weighted by Gasteiger charge is -2.40. The first-order chi connectivity index (χ1) is 22.3. The van der Waals surface area contributed by atoms with Crippen molar-refractivity contribution in [2.75, 3.05) is 59.1 Å². The summed E-state index contributed by atoms with van der Waals surface area (Å²) in [7, 11) is 0. The Morgan fingerprint density at radius 2 is 1.04 bits per heavy atom. The van der Waals surface area contributed by atoms with Crippen LogP contribution in [0.25, 0.3) is 0 Å². The molecular formula is C37H73N3O6. The van der Waals surface area contributed by atoms with Gasteiger partial charge in [0, 0.05) is 12.8 Å². The summed E-state index contributed by atoms with van der Waals surface area (Å²) in [4.78, 5) is 35.7. The molecule has 0 bridgehead atoms. The number of carboxylic acid groups (broad SMARTS) is 1. The fourth-order valence-electron chi connectivity index (χ4n) is 6.04. The number of nitrogens with one attached hydrogen (secondary N) is 2. The zero-order valence-corrected chi connectivity index (χ0v) is 30.5. The normalized spacial score (nSPS) is 12.3. The molecule has 0 aromatic carbocycles. The third kappa shape index (κ3) is 28.5. The molecule has 0 radical (unpaired) electrons. The van der Waals surface area contributed by atoms with Gasteiger partial charge in [-0.15, -0.1) is 0 Å². The number of ether oxygens (including phenoxy) is 2. The van der Waals surface area contributed by atoms with E-state index < -0.39 is 12.6 Å². The summed E-state index contributed by atoms with van der Waals surface area (Å²) in [5.74, 6) is -1.02. The van der Waals surface area contributed by atoms with E-state index in [4.69, 9.17) is 9.47 Å². The lowest BCUT2D eigenvalue weighted by atomic mass is 10.1. The number of amides is 2. The predicted molar refractivity (Wildman–Crippen MR) is 186 cm³/mol. The molecule has 0 fully saturated rings. The Morgan fingerprint density at radius 3 is 1.43 bits per heavy atom. The number of rotatable bonds is 35. The van der Waals surface area contributed by atoms with E-state index in [1.54, 1.807) is 0 Å². The molecule has 272 valence electrons. The van der Waals surface area contributed by atoms with Gasteiger partial charge in [0.15, 0.2) is 0 Å². The summed E-state index contributed by atoms with van der Waals surface area (Å²) in [5, 5.41) is 16.8. The Morgan fingerprint density at radius 1 is 0.630 bits per heavy atom. The number of quaternary nitrogens is 1. The Kier molecular flexibility index (Phi) is 30.7. The number of carbonyl (C=O) groups is 3. The molecule has 0 rings (SSSR count). The van der Waals surface area contributed by atoms with E-state index in [9.17, 15) is 19.5 Å². The van der Waals surface area contributed by atoms with E-state index in [2.05, 4.69) is 31.4 Å². The highest BCUT2D eigenvalue weighted by molar-refractivity contribution is 5.76. The van der Waals surface area contributed by atoms with E-state index in [1.807, 2.05) is 6.92 Å². The average Bonchev–Trinajstić information content (AvgIpc) is 3.02. The lowest BCUT2D eigenvalue weighted by molar-refractivity contribution is -0.927. The predicted octanol–water partition coefficient (Wildman–Crippen LogP) is 6.07. The van der Waals surface area contributed by atoms with Gasteiger partial charge >= 0.3 is 0 Å². The molecule has 0 saturated heterocycles. The Balaban J connectivity index is 4.59. The van der Waals surface area contributed by atoms with Crippen LogP contribution in [0.3, 0.4) is 0 Å². The van der Waals surface area contributed by atoms with Crippen LogP contribution in [0.5, 0.6) is 0 Å². The van der Waals surface area contributed by atoms with Crippen LogP contribution < -0.4 is 15.7 Å². The van der Waals surface area contributed by atoms with Crippen LogP contribution in [0.4, 0.5) is 0 Å². The monoisotopic (exact) mass is 656 g/mol. The van der Waals surface area contributed by atoms with E-state index in [0.717, 1.165) is 51.9 Å². The van der Waals surface area contributed by atoms with E-state index >= 15 is 0 Å². The minimum absolute atomic E-state index is 0.0955. The summed E-state index contributed by atoms with van der Waals surface area (Å²) < 4.78 is 11.7. The molecule has 0 spiro atoms. The molecule has 0 aromatic rings. The van der Waals surface area contributed by atoms with Crippen molar-refractivity contribution >= 4 is 17.8 Å². The van der Waals surface area contributed by atoms with Gasteiger partial charge in [-0.1, -0.05) is 117 Å². The molecule has 2 amide bonds. The zero-order valence-electron chi connectivity index (χ0n) is 30.5. The van der Waals surface area contributed by atoms with Gasteiger partial charge in [0.2, 0.25) is 11.8 Å². The van der Waals surface area contributed by atoms with Crippen LogP contribution >= 0.6 is 0 Å². The third-order valence-corrected chi connectivity index (χ3v) is 9.00. The topological polar surface area (TPSA) is 117 Å². The number of nitrogens with zero attached hydrogens (tertiary/aromatic N) is 1. The highest BCUT2D eigenvalue weighted by Gasteiger charge is 2.28. The average molecular weight is 656 g/mol. The summed E-state index contributed by atoms with van der Waals surface area (Å²) in [5.41, 5.74) is 0. The first-order valence-corrected chi connectivity index (χ1v) is 19.1. The molecule has 0 saturated carbocycles. The van der Waals surface area contributed by atoms with Crippen LogP contribution in [0.1, 0.15) is 156 Å². The van der Waals surface area contributed by atoms with Crippen LogP contribution in [0.15, 0.2) is 0 Å². The van der Waals surface area contributed by atoms with Crippen LogP contribution in [-0.4, -0.2) is 87.5 Å². The van der Waals surface area contributed by atoms with Crippen molar-refractivity contribution in [1.29, 1.82) is 0 Å². The molecular weight excluding hydrogens is 582 g/mol. The van der Waals surface area contributed by atoms with E-state index in [1.165, 1.54) is 89.9 Å². The Bertz CT molecular complexity index is 696. The van der Waals surface area contributed by atoms with Gasteiger partial charge in [-0.3, -0.25) is 9.59 Å². The first-order valence-electron chi connectivity index (χ1n) is 19.1. The SMILES string of the molecule is CCCCCCCCCCCC(=O)NCC[N+](CC)(CCNC(=O)CCCCCCCCCCC)CC(C)OCCOCC(=O)[O-]. The number of carboxylic acids is 1. The molecule has 0 aliphatic heterocycles. The number of carbonyl (C=O) groups excluding carboxylic acids is 3. The summed E-state index contributed by atoms with van der Waals surface area (Å²) in [6, 6.07) is 0. The molecule has 2 N–H and O–H groups in total. The molecule has 1 unspecified atom stereocenters. The van der Waals surface area contributed by atoms with Crippen LogP contribution in [-0.2, 0) is 23.9 Å². The molecule has 9 nitrogen and oxygen atoms in total. The van der Waals surface area contributed by atoms with Gasteiger partial charge in [0.1, 0.15) is 12.6 Å².